The maximum Gasteiger partial charge on any atom is 0.0224 e. The van der Waals surface area contributed by atoms with E-state index in [9.17, 15) is 0 Å². The van der Waals surface area contributed by atoms with Crippen LogP contribution >= 0.6 is 0 Å². The Balaban J connectivity index is 1.47. The summed E-state index contributed by atoms with van der Waals surface area (Å²) in [6.45, 7) is 6.31. The van der Waals surface area contributed by atoms with Crippen LogP contribution in [0.4, 0.5) is 0 Å². The fourth-order valence-electron chi connectivity index (χ4n) is 4.76. The van der Waals surface area contributed by atoms with Gasteiger partial charge in [0.1, 0.15) is 0 Å². The SMILES string of the molecule is CC1CNC(C2CCCCC2)CN1CCC1CCCC1. The minimum Gasteiger partial charge on any atom is -0.311 e. The molecule has 1 aliphatic heterocycles. The molecule has 20 heavy (non-hydrogen) atoms. The highest BCUT2D eigenvalue weighted by atomic mass is 15.2. The lowest BCUT2D eigenvalue weighted by molar-refractivity contribution is 0.0987. The molecule has 2 atom stereocenters. The van der Waals surface area contributed by atoms with Crippen LogP contribution in [0, 0.1) is 11.8 Å². The molecule has 1 heterocycles. The molecular weight excluding hydrogens is 244 g/mol. The lowest BCUT2D eigenvalue weighted by atomic mass is 9.82. The van der Waals surface area contributed by atoms with Crippen molar-refractivity contribution < 1.29 is 0 Å². The van der Waals surface area contributed by atoms with Gasteiger partial charge in [0, 0.05) is 25.2 Å². The van der Waals surface area contributed by atoms with Gasteiger partial charge in [-0.2, -0.15) is 0 Å². The van der Waals surface area contributed by atoms with E-state index in [1.54, 1.807) is 0 Å². The van der Waals surface area contributed by atoms with Crippen LogP contribution in [0.3, 0.4) is 0 Å². The average Bonchev–Trinajstić information content (AvgIpc) is 3.01. The van der Waals surface area contributed by atoms with E-state index in [0.29, 0.717) is 0 Å². The van der Waals surface area contributed by atoms with E-state index in [1.165, 1.54) is 83.8 Å². The Labute approximate surface area is 125 Å². The number of hydrogen-bond donors (Lipinski definition) is 1. The summed E-state index contributed by atoms with van der Waals surface area (Å²) in [7, 11) is 0. The summed E-state index contributed by atoms with van der Waals surface area (Å²) < 4.78 is 0. The van der Waals surface area contributed by atoms with Gasteiger partial charge >= 0.3 is 0 Å². The van der Waals surface area contributed by atoms with Gasteiger partial charge in [-0.3, -0.25) is 4.90 Å². The van der Waals surface area contributed by atoms with E-state index < -0.39 is 0 Å². The molecule has 2 nitrogen and oxygen atoms in total. The van der Waals surface area contributed by atoms with Crippen LogP contribution in [0.2, 0.25) is 0 Å². The van der Waals surface area contributed by atoms with Crippen LogP contribution in [-0.2, 0) is 0 Å². The zero-order valence-corrected chi connectivity index (χ0v) is 13.4. The molecule has 0 amide bonds. The van der Waals surface area contributed by atoms with E-state index in [4.69, 9.17) is 0 Å². The summed E-state index contributed by atoms with van der Waals surface area (Å²) in [5.41, 5.74) is 0. The van der Waals surface area contributed by atoms with Gasteiger partial charge in [-0.05, 0) is 44.6 Å². The fourth-order valence-corrected chi connectivity index (χ4v) is 4.76. The summed E-state index contributed by atoms with van der Waals surface area (Å²) in [6.07, 6.45) is 14.8. The lowest BCUT2D eigenvalue weighted by Crippen LogP contribution is -2.58. The Morgan fingerprint density at radius 3 is 2.40 bits per heavy atom. The smallest absolute Gasteiger partial charge is 0.0224 e. The number of piperazine rings is 1. The van der Waals surface area contributed by atoms with Crippen molar-refractivity contribution in [1.82, 2.24) is 10.2 Å². The first-order valence-electron chi connectivity index (χ1n) is 9.30. The van der Waals surface area contributed by atoms with E-state index in [1.807, 2.05) is 0 Å². The summed E-state index contributed by atoms with van der Waals surface area (Å²) in [4.78, 5) is 2.80. The lowest BCUT2D eigenvalue weighted by Gasteiger charge is -2.43. The Morgan fingerprint density at radius 1 is 0.950 bits per heavy atom. The third kappa shape index (κ3) is 3.76. The Morgan fingerprint density at radius 2 is 1.65 bits per heavy atom. The summed E-state index contributed by atoms with van der Waals surface area (Å²) >= 11 is 0. The van der Waals surface area contributed by atoms with Crippen LogP contribution < -0.4 is 5.32 Å². The molecule has 2 unspecified atom stereocenters. The monoisotopic (exact) mass is 278 g/mol. The highest BCUT2D eigenvalue weighted by Gasteiger charge is 2.31. The number of rotatable bonds is 4. The van der Waals surface area contributed by atoms with Gasteiger partial charge in [0.05, 0.1) is 0 Å². The largest absolute Gasteiger partial charge is 0.311 e. The highest BCUT2D eigenvalue weighted by Crippen LogP contribution is 2.30. The first kappa shape index (κ1) is 14.8. The van der Waals surface area contributed by atoms with Crippen molar-refractivity contribution in [1.29, 1.82) is 0 Å². The van der Waals surface area contributed by atoms with Crippen LogP contribution in [0.15, 0.2) is 0 Å². The van der Waals surface area contributed by atoms with Crippen molar-refractivity contribution in [2.75, 3.05) is 19.6 Å². The highest BCUT2D eigenvalue weighted by molar-refractivity contribution is 4.89. The van der Waals surface area contributed by atoms with Gasteiger partial charge < -0.3 is 5.32 Å². The zero-order chi connectivity index (χ0) is 13.8. The third-order valence-electron chi connectivity index (χ3n) is 6.25. The zero-order valence-electron chi connectivity index (χ0n) is 13.4. The Kier molecular flexibility index (Phi) is 5.39. The minimum absolute atomic E-state index is 0.747. The second kappa shape index (κ2) is 7.26. The molecule has 3 rings (SSSR count). The van der Waals surface area contributed by atoms with Crippen LogP contribution in [0.25, 0.3) is 0 Å². The molecule has 0 radical (unpaired) electrons. The van der Waals surface area contributed by atoms with Gasteiger partial charge in [-0.1, -0.05) is 44.9 Å². The molecule has 1 saturated heterocycles. The molecule has 1 N–H and O–H groups in total. The van der Waals surface area contributed by atoms with E-state index in [-0.39, 0.29) is 0 Å². The van der Waals surface area contributed by atoms with E-state index >= 15 is 0 Å². The molecule has 3 aliphatic rings. The fraction of sp³-hybridized carbons (Fsp3) is 1.00. The minimum atomic E-state index is 0.747. The third-order valence-corrected chi connectivity index (χ3v) is 6.25. The molecule has 0 bridgehead atoms. The quantitative estimate of drug-likeness (QED) is 0.841. The molecule has 2 aliphatic carbocycles. The molecule has 0 aromatic rings. The molecule has 0 aromatic heterocycles. The van der Waals surface area contributed by atoms with E-state index in [0.717, 1.165) is 23.9 Å². The molecule has 2 saturated carbocycles. The Hall–Kier alpha value is -0.0800. The van der Waals surface area contributed by atoms with Crippen molar-refractivity contribution in [3.63, 3.8) is 0 Å². The van der Waals surface area contributed by atoms with Crippen LogP contribution in [-0.4, -0.2) is 36.6 Å². The number of nitrogens with one attached hydrogen (secondary N) is 1. The molecule has 0 spiro atoms. The van der Waals surface area contributed by atoms with Crippen molar-refractivity contribution in [3.05, 3.63) is 0 Å². The van der Waals surface area contributed by atoms with Gasteiger partial charge in [-0.25, -0.2) is 0 Å². The topological polar surface area (TPSA) is 15.3 Å². The summed E-state index contributed by atoms with van der Waals surface area (Å²) in [5.74, 6) is 2.01. The van der Waals surface area contributed by atoms with Crippen LogP contribution in [0.1, 0.15) is 71.1 Å². The first-order valence-corrected chi connectivity index (χ1v) is 9.30. The van der Waals surface area contributed by atoms with Gasteiger partial charge in [0.25, 0.3) is 0 Å². The summed E-state index contributed by atoms with van der Waals surface area (Å²) in [5, 5.41) is 3.85. The molecule has 2 heteroatoms. The van der Waals surface area contributed by atoms with Gasteiger partial charge in [0.2, 0.25) is 0 Å². The maximum absolute atomic E-state index is 3.85. The van der Waals surface area contributed by atoms with Crippen molar-refractivity contribution in [2.45, 2.75) is 83.2 Å². The Bertz CT molecular complexity index is 279. The standard InChI is InChI=1S/C18H34N2/c1-15-13-19-18(17-9-3-2-4-10-17)14-20(15)12-11-16-7-5-6-8-16/h15-19H,2-14H2,1H3. The second-order valence-corrected chi connectivity index (χ2v) is 7.70. The average molecular weight is 278 g/mol. The van der Waals surface area contributed by atoms with Gasteiger partial charge in [-0.15, -0.1) is 0 Å². The van der Waals surface area contributed by atoms with Crippen molar-refractivity contribution in [3.8, 4) is 0 Å². The summed E-state index contributed by atoms with van der Waals surface area (Å²) in [6, 6.07) is 1.53. The van der Waals surface area contributed by atoms with Crippen molar-refractivity contribution >= 4 is 0 Å². The van der Waals surface area contributed by atoms with Crippen molar-refractivity contribution in [2.24, 2.45) is 11.8 Å². The van der Waals surface area contributed by atoms with Gasteiger partial charge in [0.15, 0.2) is 0 Å². The van der Waals surface area contributed by atoms with Crippen LogP contribution in [0.5, 0.6) is 0 Å². The van der Waals surface area contributed by atoms with E-state index in [2.05, 4.69) is 17.1 Å². The normalized spacial score (nSPS) is 34.6. The maximum atomic E-state index is 3.85. The number of nitrogens with zero attached hydrogens (tertiary/aromatic N) is 1. The number of hydrogen-bond acceptors (Lipinski definition) is 2. The predicted octanol–water partition coefficient (Wildman–Crippen LogP) is 3.81. The molecule has 3 fully saturated rings. The molecule has 116 valence electrons. The molecular formula is C18H34N2. The first-order chi connectivity index (χ1) is 9.83. The molecule has 0 aromatic carbocycles. The second-order valence-electron chi connectivity index (χ2n) is 7.70. The predicted molar refractivity (Wildman–Crippen MR) is 86.0 cm³/mol.